The second-order valence-electron chi connectivity index (χ2n) is 14.7. The van der Waals surface area contributed by atoms with Gasteiger partial charge in [0.25, 0.3) is 0 Å². The fourth-order valence-electron chi connectivity index (χ4n) is 10.4. The van der Waals surface area contributed by atoms with Gasteiger partial charge in [-0.25, -0.2) is 0 Å². The van der Waals surface area contributed by atoms with E-state index in [2.05, 4.69) is 47.6 Å². The smallest absolute Gasteiger partial charge is 0.0852 e. The van der Waals surface area contributed by atoms with Crippen molar-refractivity contribution in [3.8, 4) is 0 Å². The molecule has 0 heterocycles. The highest BCUT2D eigenvalue weighted by molar-refractivity contribution is 5.29. The molecule has 0 spiro atoms. The van der Waals surface area contributed by atoms with Crippen LogP contribution in [0.5, 0.6) is 0 Å². The van der Waals surface area contributed by atoms with Crippen LogP contribution in [0.1, 0.15) is 99.3 Å². The van der Waals surface area contributed by atoms with Gasteiger partial charge in [0.15, 0.2) is 0 Å². The molecule has 0 aromatic carbocycles. The minimum absolute atomic E-state index is 0.0640. The topological polar surface area (TPSA) is 60.7 Å². The van der Waals surface area contributed by atoms with Gasteiger partial charge in [0.05, 0.1) is 12.2 Å². The van der Waals surface area contributed by atoms with Gasteiger partial charge >= 0.3 is 0 Å². The van der Waals surface area contributed by atoms with E-state index >= 15 is 0 Å². The van der Waals surface area contributed by atoms with Gasteiger partial charge in [-0.3, -0.25) is 0 Å². The molecule has 4 saturated carbocycles. The highest BCUT2D eigenvalue weighted by Crippen LogP contribution is 2.71. The zero-order valence-electron chi connectivity index (χ0n) is 21.5. The van der Waals surface area contributed by atoms with E-state index in [1.807, 2.05) is 0 Å². The highest BCUT2D eigenvalue weighted by Gasteiger charge is 2.66. The molecule has 0 aromatic rings. The molecule has 0 radical (unpaired) electrons. The summed E-state index contributed by atoms with van der Waals surface area (Å²) in [4.78, 5) is 0. The molecule has 0 bridgehead atoms. The summed E-state index contributed by atoms with van der Waals surface area (Å²) in [5.74, 6) is 2.16. The van der Waals surface area contributed by atoms with Gasteiger partial charge in [-0.2, -0.15) is 0 Å². The molecule has 0 saturated heterocycles. The van der Waals surface area contributed by atoms with E-state index in [4.69, 9.17) is 0 Å². The third-order valence-electron chi connectivity index (χ3n) is 12.3. The Bertz CT molecular complexity index is 798. The summed E-state index contributed by atoms with van der Waals surface area (Å²) < 4.78 is 0. The second kappa shape index (κ2) is 7.08. The fraction of sp³-hybridized carbons (Fsp3) is 0.931. The lowest BCUT2D eigenvalue weighted by molar-refractivity contribution is -0.220. The third-order valence-corrected chi connectivity index (χ3v) is 12.3. The van der Waals surface area contributed by atoms with E-state index in [-0.39, 0.29) is 21.7 Å². The minimum atomic E-state index is -0.621. The van der Waals surface area contributed by atoms with Crippen molar-refractivity contribution in [3.05, 3.63) is 11.6 Å². The van der Waals surface area contributed by atoms with E-state index in [1.54, 1.807) is 5.57 Å². The van der Waals surface area contributed by atoms with Crippen LogP contribution >= 0.6 is 0 Å². The number of rotatable bonds is 1. The summed E-state index contributed by atoms with van der Waals surface area (Å²) in [6, 6.07) is 0. The van der Waals surface area contributed by atoms with Crippen LogP contribution in [0.25, 0.3) is 0 Å². The van der Waals surface area contributed by atoms with Crippen molar-refractivity contribution in [1.29, 1.82) is 0 Å². The Balaban J connectivity index is 1.54. The van der Waals surface area contributed by atoms with Crippen molar-refractivity contribution in [3.63, 3.8) is 0 Å². The van der Waals surface area contributed by atoms with Crippen molar-refractivity contribution >= 4 is 0 Å². The van der Waals surface area contributed by atoms with Crippen LogP contribution in [0.4, 0.5) is 0 Å². The maximum Gasteiger partial charge on any atom is 0.0852 e. The number of aliphatic hydroxyl groups is 3. The molecule has 32 heavy (non-hydrogen) atoms. The molecule has 4 fully saturated rings. The van der Waals surface area contributed by atoms with E-state index < -0.39 is 12.2 Å². The number of aliphatic hydroxyl groups excluding tert-OH is 3. The van der Waals surface area contributed by atoms with E-state index in [1.165, 1.54) is 38.5 Å². The lowest BCUT2D eigenvalue weighted by Gasteiger charge is -2.68. The Labute approximate surface area is 196 Å². The average molecular weight is 445 g/mol. The van der Waals surface area contributed by atoms with Gasteiger partial charge in [-0.15, -0.1) is 0 Å². The average Bonchev–Trinajstić information content (AvgIpc) is 2.71. The summed E-state index contributed by atoms with van der Waals surface area (Å²) in [6.07, 6.45) is 11.6. The van der Waals surface area contributed by atoms with Crippen molar-refractivity contribution in [2.75, 3.05) is 6.61 Å². The van der Waals surface area contributed by atoms with Crippen LogP contribution in [-0.4, -0.2) is 34.1 Å². The van der Waals surface area contributed by atoms with Gasteiger partial charge in [-0.05, 0) is 103 Å². The Hall–Kier alpha value is -0.380. The van der Waals surface area contributed by atoms with Crippen molar-refractivity contribution < 1.29 is 15.3 Å². The summed E-state index contributed by atoms with van der Waals surface area (Å²) in [5, 5.41) is 32.3. The van der Waals surface area contributed by atoms with Crippen LogP contribution in [0.15, 0.2) is 11.6 Å². The molecular formula is C29H48O3. The second-order valence-corrected chi connectivity index (χ2v) is 14.7. The third kappa shape index (κ3) is 2.95. The molecule has 5 aliphatic carbocycles. The number of fused-ring (bicyclic) bond motifs is 7. The van der Waals surface area contributed by atoms with Crippen LogP contribution in [0.3, 0.4) is 0 Å². The Morgan fingerprint density at radius 3 is 2.22 bits per heavy atom. The summed E-state index contributed by atoms with van der Waals surface area (Å²) in [5.41, 5.74) is 2.24. The first kappa shape index (κ1) is 23.4. The minimum Gasteiger partial charge on any atom is -0.396 e. The molecule has 9 atom stereocenters. The molecule has 3 heteroatoms. The fourth-order valence-corrected chi connectivity index (χ4v) is 10.4. The predicted molar refractivity (Wildman–Crippen MR) is 129 cm³/mol. The quantitative estimate of drug-likeness (QED) is 0.453. The molecule has 5 rings (SSSR count). The van der Waals surface area contributed by atoms with Crippen molar-refractivity contribution in [1.82, 2.24) is 0 Å². The standard InChI is InChI=1S/C29H48O3/c1-25(2)13-14-29(17-30)12-9-19-18(20(29)15-25)7-8-23-27(19,5)11-10-22-26(3,4)24(32)21(31)16-28(22,23)6/h7,19-24,30-32H,8-17H2,1-6H3. The highest BCUT2D eigenvalue weighted by atomic mass is 16.3. The van der Waals surface area contributed by atoms with Crippen LogP contribution in [0, 0.1) is 50.7 Å². The molecule has 0 amide bonds. The van der Waals surface area contributed by atoms with Gasteiger partial charge < -0.3 is 15.3 Å². The first-order chi connectivity index (χ1) is 14.8. The molecular weight excluding hydrogens is 396 g/mol. The van der Waals surface area contributed by atoms with Crippen LogP contribution < -0.4 is 0 Å². The predicted octanol–water partition coefficient (Wildman–Crippen LogP) is 5.72. The molecule has 5 aliphatic rings. The summed E-state index contributed by atoms with van der Waals surface area (Å²) >= 11 is 0. The molecule has 0 aliphatic heterocycles. The normalized spacial score (nSPS) is 53.8. The zero-order valence-corrected chi connectivity index (χ0v) is 21.5. The summed E-state index contributed by atoms with van der Waals surface area (Å²) in [7, 11) is 0. The maximum atomic E-state index is 10.9. The Morgan fingerprint density at radius 2 is 1.53 bits per heavy atom. The number of allylic oxidation sites excluding steroid dienone is 2. The van der Waals surface area contributed by atoms with E-state index in [0.717, 1.165) is 19.3 Å². The SMILES string of the molecule is CC1(C)CCC2(CO)CCC3C(=CCC4C3(C)CCC3C(C)(C)C(O)C(O)CC34C)C2C1. The van der Waals surface area contributed by atoms with Crippen molar-refractivity contribution in [2.24, 2.45) is 50.7 Å². The molecule has 3 nitrogen and oxygen atoms in total. The van der Waals surface area contributed by atoms with Gasteiger partial charge in [0, 0.05) is 12.0 Å². The Morgan fingerprint density at radius 1 is 0.812 bits per heavy atom. The lowest BCUT2D eigenvalue weighted by atomic mass is 9.37. The molecule has 3 N–H and O–H groups in total. The lowest BCUT2D eigenvalue weighted by Crippen LogP contribution is -2.64. The first-order valence-corrected chi connectivity index (χ1v) is 13.5. The van der Waals surface area contributed by atoms with Crippen LogP contribution in [0.2, 0.25) is 0 Å². The monoisotopic (exact) mass is 444 g/mol. The van der Waals surface area contributed by atoms with E-state index in [9.17, 15) is 15.3 Å². The molecule has 9 unspecified atom stereocenters. The van der Waals surface area contributed by atoms with Crippen molar-refractivity contribution in [2.45, 2.75) is 112 Å². The van der Waals surface area contributed by atoms with Gasteiger partial charge in [0.2, 0.25) is 0 Å². The summed E-state index contributed by atoms with van der Waals surface area (Å²) in [6.45, 7) is 14.6. The van der Waals surface area contributed by atoms with E-state index in [0.29, 0.717) is 35.7 Å². The molecule has 0 aromatic heterocycles. The maximum absolute atomic E-state index is 10.9. The largest absolute Gasteiger partial charge is 0.396 e. The number of hydrogen-bond donors (Lipinski definition) is 3. The van der Waals surface area contributed by atoms with Gasteiger partial charge in [0.1, 0.15) is 0 Å². The zero-order chi connectivity index (χ0) is 23.3. The first-order valence-electron chi connectivity index (χ1n) is 13.5. The Kier molecular flexibility index (Phi) is 5.17. The molecule has 182 valence electrons. The van der Waals surface area contributed by atoms with Gasteiger partial charge in [-0.1, -0.05) is 53.2 Å². The number of hydrogen-bond acceptors (Lipinski definition) is 3. The van der Waals surface area contributed by atoms with Crippen LogP contribution in [-0.2, 0) is 0 Å².